The number of nitrogens with one attached hydrogen (secondary N) is 2. The number of aliphatic hydroxyl groups excluding tert-OH is 1. The molecule has 1 saturated heterocycles. The summed E-state index contributed by atoms with van der Waals surface area (Å²) < 4.78 is 10.7. The van der Waals surface area contributed by atoms with Crippen molar-refractivity contribution in [3.8, 4) is 0 Å². The highest BCUT2D eigenvalue weighted by Gasteiger charge is 2.16. The lowest BCUT2D eigenvalue weighted by atomic mass is 10.2. The Kier molecular flexibility index (Phi) is 5.88. The zero-order valence-electron chi connectivity index (χ0n) is 11.8. The van der Waals surface area contributed by atoms with E-state index >= 15 is 0 Å². The molecule has 112 valence electrons. The van der Waals surface area contributed by atoms with Gasteiger partial charge in [0.1, 0.15) is 11.9 Å². The van der Waals surface area contributed by atoms with Gasteiger partial charge < -0.3 is 24.9 Å². The SMILES string of the molecule is CCNC(=NCC(O)c1ccco1)NCC1CCCO1. The summed E-state index contributed by atoms with van der Waals surface area (Å²) in [5.74, 6) is 1.22. The Labute approximate surface area is 119 Å². The van der Waals surface area contributed by atoms with Crippen molar-refractivity contribution in [2.24, 2.45) is 4.99 Å². The molecule has 20 heavy (non-hydrogen) atoms. The first-order chi connectivity index (χ1) is 9.79. The standard InChI is InChI=1S/C14H23N3O3/c1-2-15-14(16-9-11-5-3-7-19-11)17-10-12(18)13-6-4-8-20-13/h4,6,8,11-12,18H,2-3,5,7,9-10H2,1H3,(H2,15,16,17). The normalized spacial score (nSPS) is 20.9. The second kappa shape index (κ2) is 7.91. The Morgan fingerprint density at radius 3 is 3.10 bits per heavy atom. The molecule has 0 amide bonds. The molecule has 0 aliphatic carbocycles. The van der Waals surface area contributed by atoms with E-state index in [9.17, 15) is 5.11 Å². The van der Waals surface area contributed by atoms with Crippen LogP contribution in [0, 0.1) is 0 Å². The highest BCUT2D eigenvalue weighted by molar-refractivity contribution is 5.79. The first kappa shape index (κ1) is 14.9. The van der Waals surface area contributed by atoms with Gasteiger partial charge in [-0.3, -0.25) is 4.99 Å². The highest BCUT2D eigenvalue weighted by Crippen LogP contribution is 2.13. The molecule has 1 fully saturated rings. The van der Waals surface area contributed by atoms with Gasteiger partial charge in [-0.05, 0) is 31.9 Å². The van der Waals surface area contributed by atoms with Crippen LogP contribution in [0.2, 0.25) is 0 Å². The van der Waals surface area contributed by atoms with E-state index in [1.54, 1.807) is 18.4 Å². The van der Waals surface area contributed by atoms with Crippen LogP contribution in [0.4, 0.5) is 0 Å². The van der Waals surface area contributed by atoms with Crippen molar-refractivity contribution in [2.75, 3.05) is 26.2 Å². The lowest BCUT2D eigenvalue weighted by Crippen LogP contribution is -2.41. The maximum atomic E-state index is 9.93. The Morgan fingerprint density at radius 2 is 2.45 bits per heavy atom. The highest BCUT2D eigenvalue weighted by atomic mass is 16.5. The number of aliphatic imine (C=N–C) groups is 1. The van der Waals surface area contributed by atoms with E-state index in [0.29, 0.717) is 11.7 Å². The van der Waals surface area contributed by atoms with Gasteiger partial charge >= 0.3 is 0 Å². The van der Waals surface area contributed by atoms with Crippen LogP contribution in [-0.4, -0.2) is 43.4 Å². The van der Waals surface area contributed by atoms with Crippen molar-refractivity contribution in [1.29, 1.82) is 0 Å². The lowest BCUT2D eigenvalue weighted by Gasteiger charge is -2.15. The van der Waals surface area contributed by atoms with Gasteiger partial charge in [0.15, 0.2) is 5.96 Å². The summed E-state index contributed by atoms with van der Waals surface area (Å²) >= 11 is 0. The van der Waals surface area contributed by atoms with Gasteiger partial charge in [-0.25, -0.2) is 0 Å². The monoisotopic (exact) mass is 281 g/mol. The topological polar surface area (TPSA) is 79.0 Å². The summed E-state index contributed by atoms with van der Waals surface area (Å²) in [6, 6.07) is 3.50. The molecule has 3 N–H and O–H groups in total. The predicted octanol–water partition coefficient (Wildman–Crippen LogP) is 1.05. The van der Waals surface area contributed by atoms with E-state index < -0.39 is 6.10 Å². The molecule has 0 saturated carbocycles. The van der Waals surface area contributed by atoms with Crippen LogP contribution >= 0.6 is 0 Å². The van der Waals surface area contributed by atoms with Crippen LogP contribution in [0.3, 0.4) is 0 Å². The van der Waals surface area contributed by atoms with Crippen LogP contribution in [0.1, 0.15) is 31.6 Å². The van der Waals surface area contributed by atoms with Crippen molar-refractivity contribution in [1.82, 2.24) is 10.6 Å². The number of nitrogens with zero attached hydrogens (tertiary/aromatic N) is 1. The van der Waals surface area contributed by atoms with E-state index in [1.807, 2.05) is 6.92 Å². The number of hydrogen-bond donors (Lipinski definition) is 3. The number of hydrogen-bond acceptors (Lipinski definition) is 4. The lowest BCUT2D eigenvalue weighted by molar-refractivity contribution is 0.113. The number of ether oxygens (including phenoxy) is 1. The Hall–Kier alpha value is -1.53. The van der Waals surface area contributed by atoms with Crippen molar-refractivity contribution >= 4 is 5.96 Å². The summed E-state index contributed by atoms with van der Waals surface area (Å²) in [5.41, 5.74) is 0. The number of aliphatic hydroxyl groups is 1. The first-order valence-electron chi connectivity index (χ1n) is 7.15. The quantitative estimate of drug-likeness (QED) is 0.536. The molecule has 1 aliphatic heterocycles. The first-order valence-corrected chi connectivity index (χ1v) is 7.15. The smallest absolute Gasteiger partial charge is 0.191 e. The van der Waals surface area contributed by atoms with E-state index in [0.717, 1.165) is 32.5 Å². The molecule has 1 aromatic rings. The van der Waals surface area contributed by atoms with Crippen molar-refractivity contribution in [3.05, 3.63) is 24.2 Å². The van der Waals surface area contributed by atoms with E-state index in [2.05, 4.69) is 15.6 Å². The molecule has 0 spiro atoms. The number of rotatable bonds is 6. The Bertz CT molecular complexity index is 400. The molecule has 1 aliphatic rings. The van der Waals surface area contributed by atoms with Gasteiger partial charge in [0.2, 0.25) is 0 Å². The predicted molar refractivity (Wildman–Crippen MR) is 76.6 cm³/mol. The van der Waals surface area contributed by atoms with E-state index in [-0.39, 0.29) is 12.6 Å². The maximum absolute atomic E-state index is 9.93. The van der Waals surface area contributed by atoms with Gasteiger partial charge in [-0.15, -0.1) is 0 Å². The van der Waals surface area contributed by atoms with E-state index in [1.165, 1.54) is 0 Å². The average Bonchev–Trinajstić information content (AvgIpc) is 3.13. The van der Waals surface area contributed by atoms with Crippen molar-refractivity contribution < 1.29 is 14.3 Å². The molecule has 0 aromatic carbocycles. The van der Waals surface area contributed by atoms with Crippen LogP contribution < -0.4 is 10.6 Å². The summed E-state index contributed by atoms with van der Waals surface area (Å²) in [6.07, 6.45) is 3.29. The molecular weight excluding hydrogens is 258 g/mol. The number of guanidine groups is 1. The number of furan rings is 1. The average molecular weight is 281 g/mol. The van der Waals surface area contributed by atoms with Crippen molar-refractivity contribution in [3.63, 3.8) is 0 Å². The fourth-order valence-electron chi connectivity index (χ4n) is 2.11. The minimum Gasteiger partial charge on any atom is -0.467 e. The zero-order chi connectivity index (χ0) is 14.2. The second-order valence-corrected chi connectivity index (χ2v) is 4.77. The molecule has 2 heterocycles. The maximum Gasteiger partial charge on any atom is 0.191 e. The minimum absolute atomic E-state index is 0.258. The van der Waals surface area contributed by atoms with Gasteiger partial charge in [0.25, 0.3) is 0 Å². The van der Waals surface area contributed by atoms with Gasteiger partial charge in [-0.2, -0.15) is 0 Å². The Morgan fingerprint density at radius 1 is 1.55 bits per heavy atom. The molecule has 6 nitrogen and oxygen atoms in total. The molecule has 6 heteroatoms. The van der Waals surface area contributed by atoms with Crippen LogP contribution in [0.5, 0.6) is 0 Å². The fraction of sp³-hybridized carbons (Fsp3) is 0.643. The fourth-order valence-corrected chi connectivity index (χ4v) is 2.11. The van der Waals surface area contributed by atoms with Gasteiger partial charge in [0, 0.05) is 19.7 Å². The van der Waals surface area contributed by atoms with Gasteiger partial charge in [-0.1, -0.05) is 0 Å². The largest absolute Gasteiger partial charge is 0.467 e. The van der Waals surface area contributed by atoms with Gasteiger partial charge in [0.05, 0.1) is 18.9 Å². The molecule has 1 aromatic heterocycles. The summed E-state index contributed by atoms with van der Waals surface area (Å²) in [4.78, 5) is 4.36. The zero-order valence-corrected chi connectivity index (χ0v) is 11.8. The Balaban J connectivity index is 1.81. The van der Waals surface area contributed by atoms with Crippen LogP contribution in [-0.2, 0) is 4.74 Å². The molecule has 0 radical (unpaired) electrons. The minimum atomic E-state index is -0.719. The van der Waals surface area contributed by atoms with E-state index in [4.69, 9.17) is 9.15 Å². The van der Waals surface area contributed by atoms with Crippen LogP contribution in [0.25, 0.3) is 0 Å². The summed E-state index contributed by atoms with van der Waals surface area (Å²) in [7, 11) is 0. The third kappa shape index (κ3) is 4.54. The van der Waals surface area contributed by atoms with Crippen molar-refractivity contribution in [2.45, 2.75) is 32.0 Å². The third-order valence-corrected chi connectivity index (χ3v) is 3.16. The van der Waals surface area contributed by atoms with Crippen LogP contribution in [0.15, 0.2) is 27.8 Å². The molecule has 2 atom stereocenters. The summed E-state index contributed by atoms with van der Waals surface area (Å²) in [5, 5.41) is 16.3. The third-order valence-electron chi connectivity index (χ3n) is 3.16. The summed E-state index contributed by atoms with van der Waals surface area (Å²) in [6.45, 7) is 4.62. The second-order valence-electron chi connectivity index (χ2n) is 4.77. The molecular formula is C14H23N3O3. The molecule has 0 bridgehead atoms. The molecule has 2 unspecified atom stereocenters. The molecule has 2 rings (SSSR count).